The maximum atomic E-state index is 13.1. The fraction of sp³-hybridized carbons (Fsp3) is 0.0588. The van der Waals surface area contributed by atoms with E-state index in [9.17, 15) is 4.79 Å². The van der Waals surface area contributed by atoms with Gasteiger partial charge in [-0.1, -0.05) is 109 Å². The first-order chi connectivity index (χ1) is 18.7. The summed E-state index contributed by atoms with van der Waals surface area (Å²) in [5.74, 6) is -0.0585. The molecule has 0 bridgehead atoms. The molecule has 0 fully saturated rings. The van der Waals surface area contributed by atoms with Crippen molar-refractivity contribution < 1.29 is 4.79 Å². The Labute approximate surface area is 221 Å². The molecular formula is C34H27N3O. The van der Waals surface area contributed by atoms with Crippen molar-refractivity contribution in [2.75, 3.05) is 0 Å². The highest BCUT2D eigenvalue weighted by Crippen LogP contribution is 2.42. The van der Waals surface area contributed by atoms with Crippen LogP contribution in [0.2, 0.25) is 0 Å². The van der Waals surface area contributed by atoms with Gasteiger partial charge in [-0.15, -0.1) is 0 Å². The number of nitrogens with one attached hydrogen (secondary N) is 1. The Morgan fingerprint density at radius 2 is 1.29 bits per heavy atom. The number of rotatable bonds is 7. The predicted molar refractivity (Wildman–Crippen MR) is 153 cm³/mol. The second kappa shape index (κ2) is 9.83. The molecule has 0 saturated heterocycles. The van der Waals surface area contributed by atoms with E-state index in [0.717, 1.165) is 39.0 Å². The van der Waals surface area contributed by atoms with Gasteiger partial charge in [-0.25, -0.2) is 4.98 Å². The number of hydrogen-bond donors (Lipinski definition) is 1. The lowest BCUT2D eigenvalue weighted by atomic mass is 9.76. The second-order valence-corrected chi connectivity index (χ2v) is 9.34. The van der Waals surface area contributed by atoms with Gasteiger partial charge in [-0.2, -0.15) is 0 Å². The third-order valence-electron chi connectivity index (χ3n) is 7.23. The van der Waals surface area contributed by atoms with Crippen LogP contribution >= 0.6 is 0 Å². The SMILES string of the molecule is Cc1c(C=CC(=O)c2c[nH]c3ccccc23)ncn1C(c1ccccc1)(c1ccccc1)c1ccccc1. The quantitative estimate of drug-likeness (QED) is 0.143. The molecule has 38 heavy (non-hydrogen) atoms. The minimum Gasteiger partial charge on any atom is -0.360 e. The van der Waals surface area contributed by atoms with Crippen LogP contribution < -0.4 is 0 Å². The third-order valence-corrected chi connectivity index (χ3v) is 7.23. The Bertz CT molecular complexity index is 1630. The van der Waals surface area contributed by atoms with Crippen molar-refractivity contribution in [1.82, 2.24) is 14.5 Å². The summed E-state index contributed by atoms with van der Waals surface area (Å²) in [5.41, 5.74) is 6.06. The fourth-order valence-electron chi connectivity index (χ4n) is 5.40. The van der Waals surface area contributed by atoms with E-state index in [1.165, 1.54) is 0 Å². The van der Waals surface area contributed by atoms with Crippen molar-refractivity contribution >= 4 is 22.8 Å². The van der Waals surface area contributed by atoms with Gasteiger partial charge < -0.3 is 9.55 Å². The second-order valence-electron chi connectivity index (χ2n) is 9.34. The number of para-hydroxylation sites is 1. The number of fused-ring (bicyclic) bond motifs is 1. The van der Waals surface area contributed by atoms with Crippen LogP contribution in [0.5, 0.6) is 0 Å². The van der Waals surface area contributed by atoms with Gasteiger partial charge >= 0.3 is 0 Å². The van der Waals surface area contributed by atoms with E-state index < -0.39 is 5.54 Å². The molecule has 0 amide bonds. The van der Waals surface area contributed by atoms with Crippen molar-refractivity contribution in [3.63, 3.8) is 0 Å². The highest BCUT2D eigenvalue weighted by molar-refractivity contribution is 6.14. The first kappa shape index (κ1) is 23.4. The Kier molecular flexibility index (Phi) is 6.06. The van der Waals surface area contributed by atoms with E-state index in [2.05, 4.69) is 89.3 Å². The van der Waals surface area contributed by atoms with E-state index in [0.29, 0.717) is 5.56 Å². The number of carbonyl (C=O) groups excluding carboxylic acids is 1. The van der Waals surface area contributed by atoms with Crippen molar-refractivity contribution in [1.29, 1.82) is 0 Å². The first-order valence-corrected chi connectivity index (χ1v) is 12.7. The summed E-state index contributed by atoms with van der Waals surface area (Å²) in [5, 5.41) is 0.917. The first-order valence-electron chi connectivity index (χ1n) is 12.7. The normalized spacial score (nSPS) is 11.8. The summed E-state index contributed by atoms with van der Waals surface area (Å²) in [6, 6.07) is 39.3. The lowest BCUT2D eigenvalue weighted by Crippen LogP contribution is -2.38. The number of nitrogens with zero attached hydrogens (tertiary/aromatic N) is 2. The van der Waals surface area contributed by atoms with E-state index in [-0.39, 0.29) is 5.78 Å². The van der Waals surface area contributed by atoms with Crippen LogP contribution in [0.15, 0.2) is 134 Å². The highest BCUT2D eigenvalue weighted by Gasteiger charge is 2.39. The van der Waals surface area contributed by atoms with Gasteiger partial charge in [0.25, 0.3) is 0 Å². The van der Waals surface area contributed by atoms with Gasteiger partial charge in [0.1, 0.15) is 5.54 Å². The molecular weight excluding hydrogens is 466 g/mol. The third kappa shape index (κ3) is 3.87. The van der Waals surface area contributed by atoms with E-state index in [1.807, 2.05) is 54.9 Å². The summed E-state index contributed by atoms with van der Waals surface area (Å²) in [4.78, 5) is 21.1. The summed E-state index contributed by atoms with van der Waals surface area (Å²) >= 11 is 0. The Hall–Kier alpha value is -4.96. The lowest BCUT2D eigenvalue weighted by molar-refractivity contribution is 0.104. The molecule has 4 aromatic carbocycles. The summed E-state index contributed by atoms with van der Waals surface area (Å²) < 4.78 is 2.23. The Morgan fingerprint density at radius 1 is 0.763 bits per heavy atom. The molecule has 0 unspecified atom stereocenters. The van der Waals surface area contributed by atoms with Crippen LogP contribution in [-0.2, 0) is 5.54 Å². The summed E-state index contributed by atoms with van der Waals surface area (Å²) in [6.07, 6.45) is 7.10. The molecule has 0 saturated carbocycles. The number of allylic oxidation sites excluding steroid dienone is 1. The molecule has 2 aromatic heterocycles. The van der Waals surface area contributed by atoms with Crippen LogP contribution in [0, 0.1) is 6.92 Å². The number of ketones is 1. The van der Waals surface area contributed by atoms with Crippen molar-refractivity contribution in [2.45, 2.75) is 12.5 Å². The molecule has 0 atom stereocenters. The zero-order valence-corrected chi connectivity index (χ0v) is 21.1. The largest absolute Gasteiger partial charge is 0.360 e. The van der Waals surface area contributed by atoms with Gasteiger partial charge in [-0.05, 0) is 41.8 Å². The zero-order chi connectivity index (χ0) is 26.0. The van der Waals surface area contributed by atoms with E-state index >= 15 is 0 Å². The average molecular weight is 494 g/mol. The monoisotopic (exact) mass is 493 g/mol. The molecule has 1 N–H and O–H groups in total. The average Bonchev–Trinajstić information content (AvgIpc) is 3.58. The standard InChI is InChI=1S/C34H27N3O/c1-25-31(21-22-33(38)30-23-35-32-20-12-11-19-29(30)32)36-24-37(25)34(26-13-5-2-6-14-26,27-15-7-3-8-16-27)28-17-9-4-10-18-28/h2-24,35H,1H3. The van der Waals surface area contributed by atoms with Crippen molar-refractivity contribution in [3.8, 4) is 0 Å². The predicted octanol–water partition coefficient (Wildman–Crippen LogP) is 7.41. The lowest BCUT2D eigenvalue weighted by Gasteiger charge is -2.38. The Balaban J connectivity index is 1.50. The number of H-pyrrole nitrogens is 1. The minimum absolute atomic E-state index is 0.0585. The Morgan fingerprint density at radius 3 is 1.87 bits per heavy atom. The van der Waals surface area contributed by atoms with Gasteiger partial charge in [0.15, 0.2) is 5.78 Å². The van der Waals surface area contributed by atoms with Crippen LogP contribution in [0.3, 0.4) is 0 Å². The van der Waals surface area contributed by atoms with Gasteiger partial charge in [0, 0.05) is 28.4 Å². The number of carbonyl (C=O) groups is 1. The number of hydrogen-bond acceptors (Lipinski definition) is 2. The molecule has 184 valence electrons. The van der Waals surface area contributed by atoms with Gasteiger partial charge in [0.05, 0.1) is 12.0 Å². The maximum Gasteiger partial charge on any atom is 0.188 e. The van der Waals surface area contributed by atoms with E-state index in [1.54, 1.807) is 12.3 Å². The van der Waals surface area contributed by atoms with E-state index in [4.69, 9.17) is 4.98 Å². The van der Waals surface area contributed by atoms with Crippen LogP contribution in [0.4, 0.5) is 0 Å². The molecule has 0 aliphatic rings. The van der Waals surface area contributed by atoms with Crippen molar-refractivity contribution in [2.24, 2.45) is 0 Å². The molecule has 0 aliphatic carbocycles. The van der Waals surface area contributed by atoms with Gasteiger partial charge in [-0.3, -0.25) is 4.79 Å². The zero-order valence-electron chi connectivity index (χ0n) is 21.1. The number of benzene rings is 4. The molecule has 0 spiro atoms. The minimum atomic E-state index is -0.645. The fourth-order valence-corrected chi connectivity index (χ4v) is 5.40. The summed E-state index contributed by atoms with van der Waals surface area (Å²) in [6.45, 7) is 2.06. The van der Waals surface area contributed by atoms with Crippen molar-refractivity contribution in [3.05, 3.63) is 168 Å². The topological polar surface area (TPSA) is 50.7 Å². The molecule has 2 heterocycles. The smallest absolute Gasteiger partial charge is 0.188 e. The molecule has 0 aliphatic heterocycles. The maximum absolute atomic E-state index is 13.1. The molecule has 6 rings (SSSR count). The number of imidazole rings is 1. The molecule has 0 radical (unpaired) electrons. The number of aromatic nitrogens is 3. The van der Waals surface area contributed by atoms with Gasteiger partial charge in [0.2, 0.25) is 0 Å². The van der Waals surface area contributed by atoms with Crippen LogP contribution in [0.25, 0.3) is 17.0 Å². The van der Waals surface area contributed by atoms with Crippen LogP contribution in [-0.4, -0.2) is 20.3 Å². The number of aromatic amines is 1. The summed E-state index contributed by atoms with van der Waals surface area (Å²) in [7, 11) is 0. The molecule has 4 heteroatoms. The highest BCUT2D eigenvalue weighted by atomic mass is 16.1. The molecule has 6 aromatic rings. The van der Waals surface area contributed by atoms with Crippen LogP contribution in [0.1, 0.15) is 38.4 Å². The molecule has 4 nitrogen and oxygen atoms in total.